The van der Waals surface area contributed by atoms with Gasteiger partial charge in [0.1, 0.15) is 0 Å². The molecule has 1 N–H and O–H groups in total. The summed E-state index contributed by atoms with van der Waals surface area (Å²) in [6.45, 7) is 5.38. The zero-order valence-corrected chi connectivity index (χ0v) is 17.1. The Balaban J connectivity index is 1.96. The van der Waals surface area contributed by atoms with Crippen LogP contribution in [-0.4, -0.2) is 61.3 Å². The van der Waals surface area contributed by atoms with Crippen LogP contribution in [0.2, 0.25) is 0 Å². The topological polar surface area (TPSA) is 110 Å². The maximum Gasteiger partial charge on any atom is 0.338 e. The first-order valence-electron chi connectivity index (χ1n) is 9.18. The van der Waals surface area contributed by atoms with Crippen molar-refractivity contribution in [3.8, 4) is 0 Å². The number of carbonyl (C=O) groups excluding carboxylic acids is 3. The fourth-order valence-corrected chi connectivity index (χ4v) is 4.84. The normalized spacial score (nSPS) is 18.9. The number of benzene rings is 1. The minimum Gasteiger partial charge on any atom is -0.449 e. The van der Waals surface area contributed by atoms with Crippen LogP contribution >= 0.6 is 0 Å². The molecule has 1 aliphatic rings. The Labute approximate surface area is 165 Å². The molecule has 1 saturated heterocycles. The summed E-state index contributed by atoms with van der Waals surface area (Å²) >= 11 is 0. The summed E-state index contributed by atoms with van der Waals surface area (Å²) in [6.07, 6.45) is -0.618. The molecule has 2 atom stereocenters. The Morgan fingerprint density at radius 2 is 1.89 bits per heavy atom. The summed E-state index contributed by atoms with van der Waals surface area (Å²) in [7, 11) is -3.12. The first kappa shape index (κ1) is 21.9. The third-order valence-electron chi connectivity index (χ3n) is 4.64. The molecule has 1 aliphatic heterocycles. The standard InChI is InChI=1S/C19H26N2O6S/c1-4-21(17-9-10-28(25,26)12-17)18(23)13(2)27-19(24)16-7-5-15(6-8-16)11-20-14(3)22/h5-8,13,17H,4,9-12H2,1-3H3,(H,20,22). The average Bonchev–Trinajstić information content (AvgIpc) is 3.00. The Bertz CT molecular complexity index is 834. The van der Waals surface area contributed by atoms with E-state index in [1.165, 1.54) is 18.7 Å². The quantitative estimate of drug-likeness (QED) is 0.669. The van der Waals surface area contributed by atoms with Gasteiger partial charge in [-0.25, -0.2) is 13.2 Å². The van der Waals surface area contributed by atoms with Crippen LogP contribution in [0.5, 0.6) is 0 Å². The summed E-state index contributed by atoms with van der Waals surface area (Å²) in [5.41, 5.74) is 1.12. The number of ether oxygens (including phenoxy) is 1. The number of sulfone groups is 1. The molecule has 8 nitrogen and oxygen atoms in total. The highest BCUT2D eigenvalue weighted by molar-refractivity contribution is 7.91. The van der Waals surface area contributed by atoms with Gasteiger partial charge in [-0.15, -0.1) is 0 Å². The highest BCUT2D eigenvalue weighted by Gasteiger charge is 2.36. The van der Waals surface area contributed by atoms with Crippen molar-refractivity contribution in [2.75, 3.05) is 18.1 Å². The van der Waals surface area contributed by atoms with Crippen molar-refractivity contribution in [2.24, 2.45) is 0 Å². The van der Waals surface area contributed by atoms with Gasteiger partial charge in [-0.1, -0.05) is 12.1 Å². The number of hydrogen-bond acceptors (Lipinski definition) is 6. The van der Waals surface area contributed by atoms with Gasteiger partial charge in [0, 0.05) is 26.1 Å². The number of rotatable bonds is 7. The van der Waals surface area contributed by atoms with Crippen molar-refractivity contribution >= 4 is 27.6 Å². The monoisotopic (exact) mass is 410 g/mol. The van der Waals surface area contributed by atoms with Gasteiger partial charge < -0.3 is 15.0 Å². The van der Waals surface area contributed by atoms with E-state index in [9.17, 15) is 22.8 Å². The molecule has 1 fully saturated rings. The van der Waals surface area contributed by atoms with E-state index >= 15 is 0 Å². The fourth-order valence-electron chi connectivity index (χ4n) is 3.11. The first-order valence-corrected chi connectivity index (χ1v) is 11.0. The van der Waals surface area contributed by atoms with E-state index in [-0.39, 0.29) is 29.0 Å². The molecule has 0 spiro atoms. The van der Waals surface area contributed by atoms with Gasteiger partial charge >= 0.3 is 5.97 Å². The number of nitrogens with zero attached hydrogens (tertiary/aromatic N) is 1. The van der Waals surface area contributed by atoms with Crippen molar-refractivity contribution in [3.63, 3.8) is 0 Å². The lowest BCUT2D eigenvalue weighted by Crippen LogP contribution is -2.46. The highest BCUT2D eigenvalue weighted by atomic mass is 32.2. The van der Waals surface area contributed by atoms with Crippen molar-refractivity contribution in [1.29, 1.82) is 0 Å². The lowest BCUT2D eigenvalue weighted by Gasteiger charge is -2.29. The molecule has 1 heterocycles. The Morgan fingerprint density at radius 1 is 1.25 bits per heavy atom. The van der Waals surface area contributed by atoms with Gasteiger partial charge in [0.25, 0.3) is 5.91 Å². The van der Waals surface area contributed by atoms with Crippen LogP contribution in [0.3, 0.4) is 0 Å². The van der Waals surface area contributed by atoms with Gasteiger partial charge in [0.2, 0.25) is 5.91 Å². The summed E-state index contributed by atoms with van der Waals surface area (Å²) in [5.74, 6) is -1.17. The predicted octanol–water partition coefficient (Wildman–Crippen LogP) is 0.904. The molecule has 9 heteroatoms. The third-order valence-corrected chi connectivity index (χ3v) is 6.39. The van der Waals surface area contributed by atoms with Crippen LogP contribution in [0.25, 0.3) is 0 Å². The van der Waals surface area contributed by atoms with Crippen LogP contribution < -0.4 is 5.32 Å². The Hall–Kier alpha value is -2.42. The lowest BCUT2D eigenvalue weighted by molar-refractivity contribution is -0.141. The Kier molecular flexibility index (Phi) is 7.17. The van der Waals surface area contributed by atoms with Crippen LogP contribution in [-0.2, 0) is 30.7 Å². The molecule has 2 unspecified atom stereocenters. The average molecular weight is 410 g/mol. The second kappa shape index (κ2) is 9.18. The molecule has 28 heavy (non-hydrogen) atoms. The largest absolute Gasteiger partial charge is 0.449 e. The number of nitrogens with one attached hydrogen (secondary N) is 1. The molecule has 2 amide bonds. The number of carbonyl (C=O) groups is 3. The minimum atomic E-state index is -3.12. The smallest absolute Gasteiger partial charge is 0.338 e. The van der Waals surface area contributed by atoms with Crippen molar-refractivity contribution < 1.29 is 27.5 Å². The second-order valence-corrected chi connectivity index (χ2v) is 9.06. The van der Waals surface area contributed by atoms with E-state index in [2.05, 4.69) is 5.32 Å². The molecular formula is C19H26N2O6S. The van der Waals surface area contributed by atoms with Gasteiger partial charge in [0.05, 0.1) is 17.1 Å². The molecule has 1 aromatic rings. The maximum absolute atomic E-state index is 12.7. The van der Waals surface area contributed by atoms with Crippen molar-refractivity contribution in [3.05, 3.63) is 35.4 Å². The molecule has 1 aromatic carbocycles. The van der Waals surface area contributed by atoms with Crippen molar-refractivity contribution in [1.82, 2.24) is 10.2 Å². The highest BCUT2D eigenvalue weighted by Crippen LogP contribution is 2.19. The van der Waals surface area contributed by atoms with Crippen LogP contribution in [0.4, 0.5) is 0 Å². The predicted molar refractivity (Wildman–Crippen MR) is 103 cm³/mol. The number of amides is 2. The zero-order valence-electron chi connectivity index (χ0n) is 16.3. The number of esters is 1. The molecule has 0 radical (unpaired) electrons. The Morgan fingerprint density at radius 3 is 2.39 bits per heavy atom. The van der Waals surface area contributed by atoms with Crippen LogP contribution in [0, 0.1) is 0 Å². The summed E-state index contributed by atoms with van der Waals surface area (Å²) in [4.78, 5) is 37.4. The molecule has 0 saturated carbocycles. The fraction of sp³-hybridized carbons (Fsp3) is 0.526. The number of likely N-dealkylation sites (N-methyl/N-ethyl adjacent to an activating group) is 1. The number of hydrogen-bond donors (Lipinski definition) is 1. The summed E-state index contributed by atoms with van der Waals surface area (Å²) in [6, 6.07) is 6.15. The van der Waals surface area contributed by atoms with E-state index in [1.807, 2.05) is 0 Å². The molecular weight excluding hydrogens is 384 g/mol. The van der Waals surface area contributed by atoms with E-state index in [0.29, 0.717) is 19.5 Å². The molecule has 154 valence electrons. The van der Waals surface area contributed by atoms with Crippen LogP contribution in [0.1, 0.15) is 43.1 Å². The SMILES string of the molecule is CCN(C(=O)C(C)OC(=O)c1ccc(CNC(C)=O)cc1)C1CCS(=O)(=O)C1. The van der Waals surface area contributed by atoms with E-state index < -0.39 is 27.8 Å². The second-order valence-electron chi connectivity index (χ2n) is 6.84. The minimum absolute atomic E-state index is 0.0526. The first-order chi connectivity index (χ1) is 13.1. The van der Waals surface area contributed by atoms with Gasteiger partial charge in [-0.3, -0.25) is 9.59 Å². The molecule has 0 bridgehead atoms. The van der Waals surface area contributed by atoms with Crippen LogP contribution in [0.15, 0.2) is 24.3 Å². The maximum atomic E-state index is 12.7. The summed E-state index contributed by atoms with van der Waals surface area (Å²) in [5, 5.41) is 2.66. The zero-order chi connectivity index (χ0) is 20.9. The van der Waals surface area contributed by atoms with E-state index in [0.717, 1.165) is 5.56 Å². The summed E-state index contributed by atoms with van der Waals surface area (Å²) < 4.78 is 28.6. The lowest BCUT2D eigenvalue weighted by atomic mass is 10.1. The molecule has 2 rings (SSSR count). The third kappa shape index (κ3) is 5.79. The van der Waals surface area contributed by atoms with Gasteiger partial charge in [0.15, 0.2) is 15.9 Å². The molecule has 0 aromatic heterocycles. The molecule has 0 aliphatic carbocycles. The van der Waals surface area contributed by atoms with Crippen molar-refractivity contribution in [2.45, 2.75) is 45.9 Å². The van der Waals surface area contributed by atoms with E-state index in [1.54, 1.807) is 31.2 Å². The van der Waals surface area contributed by atoms with E-state index in [4.69, 9.17) is 4.74 Å². The van der Waals surface area contributed by atoms with Gasteiger partial charge in [-0.2, -0.15) is 0 Å². The van der Waals surface area contributed by atoms with Gasteiger partial charge in [-0.05, 0) is 38.0 Å².